The van der Waals surface area contributed by atoms with Crippen molar-refractivity contribution in [3.63, 3.8) is 0 Å². The highest BCUT2D eigenvalue weighted by Gasteiger charge is 2.18. The quantitative estimate of drug-likeness (QED) is 0.555. The molecule has 0 aliphatic heterocycles. The van der Waals surface area contributed by atoms with Gasteiger partial charge in [-0.1, -0.05) is 37.4 Å². The molecule has 0 aromatic carbocycles. The Morgan fingerprint density at radius 2 is 1.42 bits per heavy atom. The van der Waals surface area contributed by atoms with Crippen molar-refractivity contribution in [2.24, 2.45) is 0 Å². The molecule has 0 aliphatic carbocycles. The molecule has 0 radical (unpaired) electrons. The van der Waals surface area contributed by atoms with Crippen molar-refractivity contribution in [3.8, 4) is 0 Å². The van der Waals surface area contributed by atoms with Crippen LogP contribution in [0.3, 0.4) is 0 Å². The van der Waals surface area contributed by atoms with Gasteiger partial charge >= 0.3 is 0 Å². The molecule has 0 heterocycles. The molecule has 0 N–H and O–H groups in total. The highest BCUT2D eigenvalue weighted by atomic mass is 35.7. The Hall–Kier alpha value is 0.930. The molecule has 0 saturated heterocycles. The van der Waals surface area contributed by atoms with Crippen LogP contribution in [-0.4, -0.2) is 16.7 Å². The first-order valence-electron chi connectivity index (χ1n) is 4.70. The molecular weight excluding hydrogens is 211 g/mol. The molecule has 0 aromatic rings. The van der Waals surface area contributed by atoms with E-state index in [9.17, 15) is 0 Å². The molecule has 76 valence electrons. The largest absolute Gasteiger partial charge is 0.149 e. The Kier molecular flexibility index (Phi) is 7.91. The fraction of sp³-hybridized carbons (Fsp3) is 1.00. The molecule has 0 bridgehead atoms. The highest BCUT2D eigenvalue weighted by Crippen LogP contribution is 2.55. The zero-order valence-corrected chi connectivity index (χ0v) is 10.4. The summed E-state index contributed by atoms with van der Waals surface area (Å²) in [6.45, 7) is 4.40. The van der Waals surface area contributed by atoms with Gasteiger partial charge in [0, 0.05) is 0 Å². The first kappa shape index (κ1) is 12.9. The average molecular weight is 231 g/mol. The van der Waals surface area contributed by atoms with Crippen LogP contribution in [0.4, 0.5) is 0 Å². The highest BCUT2D eigenvalue weighted by molar-refractivity contribution is 8.51. The number of halogens is 2. The molecule has 0 nitrogen and oxygen atoms in total. The van der Waals surface area contributed by atoms with E-state index in [1.54, 1.807) is 0 Å². The minimum atomic E-state index is -0.964. The minimum Gasteiger partial charge on any atom is -0.149 e. The van der Waals surface area contributed by atoms with Gasteiger partial charge in [-0.2, -0.15) is 0 Å². The van der Waals surface area contributed by atoms with Crippen LogP contribution in [0.1, 0.15) is 39.5 Å². The molecule has 0 unspecified atom stereocenters. The second kappa shape index (κ2) is 7.34. The summed E-state index contributed by atoms with van der Waals surface area (Å²) in [6, 6.07) is 0. The maximum Gasteiger partial charge on any atom is 0.0647 e. The maximum absolute atomic E-state index is 6.43. The summed E-state index contributed by atoms with van der Waals surface area (Å²) >= 11 is 5.89. The summed E-state index contributed by atoms with van der Waals surface area (Å²) < 4.78 is 0. The molecular formula is C9H20Cl2S. The fourth-order valence-electron chi connectivity index (χ4n) is 1.02. The van der Waals surface area contributed by atoms with Crippen molar-refractivity contribution in [1.82, 2.24) is 0 Å². The van der Waals surface area contributed by atoms with E-state index >= 15 is 0 Å². The normalized spacial score (nSPS) is 13.3. The summed E-state index contributed by atoms with van der Waals surface area (Å²) in [5, 5.41) is 0.675. The van der Waals surface area contributed by atoms with Gasteiger partial charge in [-0.05, 0) is 24.3 Å². The predicted octanol–water partition coefficient (Wildman–Crippen LogP) is 4.74. The molecule has 0 rings (SSSR count). The van der Waals surface area contributed by atoms with Crippen molar-refractivity contribution in [3.05, 3.63) is 0 Å². The van der Waals surface area contributed by atoms with Crippen LogP contribution in [0.5, 0.6) is 0 Å². The fourth-order valence-corrected chi connectivity index (χ4v) is 4.36. The smallest absolute Gasteiger partial charge is 0.0647 e. The Morgan fingerprint density at radius 1 is 1.00 bits per heavy atom. The molecule has 0 aromatic heterocycles. The standard InChI is InChI=1S/C9H20Cl2S/c1-3-5-7-12(11,9-10)8-6-4-2/h3-9H2,1-2H3. The second-order valence-corrected chi connectivity index (χ2v) is 8.70. The first-order valence-corrected chi connectivity index (χ1v) is 8.20. The lowest BCUT2D eigenvalue weighted by atomic mass is 10.4. The zero-order valence-electron chi connectivity index (χ0n) is 8.11. The van der Waals surface area contributed by atoms with Crippen molar-refractivity contribution in [1.29, 1.82) is 0 Å². The van der Waals surface area contributed by atoms with Crippen LogP contribution in [0.15, 0.2) is 0 Å². The molecule has 0 atom stereocenters. The van der Waals surface area contributed by atoms with Gasteiger partial charge in [-0.15, -0.1) is 20.8 Å². The molecule has 0 amide bonds. The van der Waals surface area contributed by atoms with Crippen LogP contribution in [-0.2, 0) is 0 Å². The van der Waals surface area contributed by atoms with Crippen LogP contribution in [0.2, 0.25) is 0 Å². The third kappa shape index (κ3) is 5.55. The summed E-state index contributed by atoms with van der Waals surface area (Å²) in [5.41, 5.74) is 0. The molecule has 0 aliphatic rings. The van der Waals surface area contributed by atoms with E-state index in [1.165, 1.54) is 25.7 Å². The van der Waals surface area contributed by atoms with Gasteiger partial charge in [0.15, 0.2) is 0 Å². The third-order valence-corrected chi connectivity index (χ3v) is 7.20. The average Bonchev–Trinajstić information content (AvgIpc) is 2.11. The van der Waals surface area contributed by atoms with Crippen molar-refractivity contribution < 1.29 is 0 Å². The summed E-state index contributed by atoms with van der Waals surface area (Å²) in [5.74, 6) is 2.29. The molecule has 0 saturated carbocycles. The van der Waals surface area contributed by atoms with Crippen LogP contribution in [0, 0.1) is 0 Å². The van der Waals surface area contributed by atoms with Gasteiger partial charge in [0.2, 0.25) is 0 Å². The lowest BCUT2D eigenvalue weighted by Crippen LogP contribution is -2.04. The van der Waals surface area contributed by atoms with E-state index in [4.69, 9.17) is 22.3 Å². The van der Waals surface area contributed by atoms with Crippen molar-refractivity contribution >= 4 is 31.5 Å². The monoisotopic (exact) mass is 230 g/mol. The van der Waals surface area contributed by atoms with Gasteiger partial charge in [-0.3, -0.25) is 0 Å². The Bertz CT molecular complexity index is 98.7. The molecule has 0 fully saturated rings. The van der Waals surface area contributed by atoms with Crippen molar-refractivity contribution in [2.75, 3.05) is 16.7 Å². The first-order chi connectivity index (χ1) is 5.68. The van der Waals surface area contributed by atoms with Gasteiger partial charge in [-0.25, -0.2) is 0 Å². The Labute approximate surface area is 87.8 Å². The maximum atomic E-state index is 6.43. The number of hydrogen-bond acceptors (Lipinski definition) is 0. The number of unbranched alkanes of at least 4 members (excludes halogenated alkanes) is 2. The molecule has 3 heteroatoms. The van der Waals surface area contributed by atoms with Crippen LogP contribution in [0.25, 0.3) is 0 Å². The Balaban J connectivity index is 3.70. The second-order valence-electron chi connectivity index (χ2n) is 3.16. The van der Waals surface area contributed by atoms with E-state index in [1.807, 2.05) is 0 Å². The topological polar surface area (TPSA) is 0 Å². The van der Waals surface area contributed by atoms with E-state index < -0.39 is 9.24 Å². The molecule has 12 heavy (non-hydrogen) atoms. The SMILES string of the molecule is CCCCS(Cl)(CCl)CCCC. The lowest BCUT2D eigenvalue weighted by Gasteiger charge is -2.30. The Morgan fingerprint density at radius 3 is 1.67 bits per heavy atom. The molecule has 0 spiro atoms. The van der Waals surface area contributed by atoms with Crippen molar-refractivity contribution in [2.45, 2.75) is 39.5 Å². The van der Waals surface area contributed by atoms with E-state index in [0.29, 0.717) is 5.21 Å². The number of rotatable bonds is 7. The lowest BCUT2D eigenvalue weighted by molar-refractivity contribution is 0.873. The van der Waals surface area contributed by atoms with Crippen LogP contribution < -0.4 is 0 Å². The van der Waals surface area contributed by atoms with E-state index in [-0.39, 0.29) is 0 Å². The summed E-state index contributed by atoms with van der Waals surface area (Å²) in [6.07, 6.45) is 4.92. The minimum absolute atomic E-state index is 0.675. The van der Waals surface area contributed by atoms with Gasteiger partial charge in [0.25, 0.3) is 0 Å². The number of hydrogen-bond donors (Lipinski definition) is 0. The third-order valence-electron chi connectivity index (χ3n) is 1.92. The summed E-state index contributed by atoms with van der Waals surface area (Å²) in [4.78, 5) is 0. The summed E-state index contributed by atoms with van der Waals surface area (Å²) in [7, 11) is 5.47. The van der Waals surface area contributed by atoms with Gasteiger partial charge < -0.3 is 0 Å². The number of alkyl halides is 1. The van der Waals surface area contributed by atoms with Gasteiger partial charge in [0.05, 0.1) is 5.21 Å². The zero-order chi connectivity index (χ0) is 9.45. The predicted molar refractivity (Wildman–Crippen MR) is 63.7 cm³/mol. The van der Waals surface area contributed by atoms with Crippen LogP contribution >= 0.6 is 31.5 Å². The van der Waals surface area contributed by atoms with E-state index in [2.05, 4.69) is 13.8 Å². The van der Waals surface area contributed by atoms with Gasteiger partial charge in [0.1, 0.15) is 0 Å². The van der Waals surface area contributed by atoms with E-state index in [0.717, 1.165) is 11.5 Å².